The monoisotopic (exact) mass is 731 g/mol. The summed E-state index contributed by atoms with van der Waals surface area (Å²) in [5.41, 5.74) is -0.435. The molecule has 0 radical (unpaired) electrons. The lowest BCUT2D eigenvalue weighted by atomic mass is 10.1. The van der Waals surface area contributed by atoms with E-state index in [1.807, 2.05) is 0 Å². The van der Waals surface area contributed by atoms with Gasteiger partial charge in [0.05, 0.1) is 31.9 Å². The summed E-state index contributed by atoms with van der Waals surface area (Å²) in [6.45, 7) is 0. The van der Waals surface area contributed by atoms with Crippen molar-refractivity contribution in [2.45, 2.75) is 6.36 Å². The molecule has 3 aromatic carbocycles. The molecule has 3 aromatic heterocycles. The van der Waals surface area contributed by atoms with Crippen molar-refractivity contribution in [3.8, 4) is 45.9 Å². The highest BCUT2D eigenvalue weighted by molar-refractivity contribution is 6.05. The highest BCUT2D eigenvalue weighted by Gasteiger charge is 2.32. The van der Waals surface area contributed by atoms with E-state index in [0.717, 1.165) is 48.8 Å². The van der Waals surface area contributed by atoms with Gasteiger partial charge in [-0.2, -0.15) is 0 Å². The molecule has 0 bridgehead atoms. The second-order valence-electron chi connectivity index (χ2n) is 10.7. The summed E-state index contributed by atoms with van der Waals surface area (Å²) in [5, 5.41) is 4.92. The maximum absolute atomic E-state index is 14.5. The third-order valence-corrected chi connectivity index (χ3v) is 6.76. The number of ether oxygens (including phenoxy) is 4. The average molecular weight is 732 g/mol. The van der Waals surface area contributed by atoms with Gasteiger partial charge in [0.1, 0.15) is 46.7 Å². The van der Waals surface area contributed by atoms with Crippen LogP contribution in [0.1, 0.15) is 20.8 Å². The van der Waals surface area contributed by atoms with E-state index >= 15 is 0 Å². The number of amides is 2. The molecule has 0 saturated heterocycles. The number of hydrogen-bond acceptors (Lipinski definition) is 11. The van der Waals surface area contributed by atoms with E-state index in [1.54, 1.807) is 6.07 Å². The van der Waals surface area contributed by atoms with E-state index < -0.39 is 35.6 Å². The molecule has 0 unspecified atom stereocenters. The first-order chi connectivity index (χ1) is 25.4. The Labute approximate surface area is 295 Å². The second-order valence-corrected chi connectivity index (χ2v) is 10.7. The summed E-state index contributed by atoms with van der Waals surface area (Å²) >= 11 is 0. The molecule has 0 spiro atoms. The van der Waals surface area contributed by atoms with E-state index in [0.29, 0.717) is 5.75 Å². The van der Waals surface area contributed by atoms with Gasteiger partial charge in [-0.25, -0.2) is 28.7 Å². The van der Waals surface area contributed by atoms with E-state index in [1.165, 1.54) is 56.3 Å². The van der Waals surface area contributed by atoms with Crippen molar-refractivity contribution in [3.05, 3.63) is 127 Å². The molecule has 2 N–H and O–H groups in total. The van der Waals surface area contributed by atoms with Crippen LogP contribution in [0.3, 0.4) is 0 Å². The lowest BCUT2D eigenvalue weighted by Crippen LogP contribution is -2.18. The van der Waals surface area contributed by atoms with Gasteiger partial charge < -0.3 is 29.6 Å². The fraction of sp³-hybridized carbons (Fsp3) is 0.0571. The Morgan fingerprint density at radius 2 is 1.25 bits per heavy atom. The quantitative estimate of drug-likeness (QED) is 0.126. The van der Waals surface area contributed by atoms with Crippen LogP contribution in [-0.2, 0) is 0 Å². The van der Waals surface area contributed by atoms with Crippen LogP contribution in [0.5, 0.6) is 34.5 Å². The average Bonchev–Trinajstić information content (AvgIpc) is 3.11. The van der Waals surface area contributed by atoms with Crippen LogP contribution in [0.2, 0.25) is 0 Å². The minimum atomic E-state index is -5.12. The Balaban J connectivity index is 1.20. The smallest absolute Gasteiger partial charge is 0.497 e. The number of alkyl halides is 3. The minimum Gasteiger partial charge on any atom is -0.497 e. The molecule has 0 aliphatic carbocycles. The fourth-order valence-electron chi connectivity index (χ4n) is 4.63. The summed E-state index contributed by atoms with van der Waals surface area (Å²) in [4.78, 5) is 45.7. The Morgan fingerprint density at radius 3 is 1.85 bits per heavy atom. The molecule has 0 aliphatic heterocycles. The van der Waals surface area contributed by atoms with Gasteiger partial charge in [-0.1, -0.05) is 0 Å². The highest BCUT2D eigenvalue weighted by Crippen LogP contribution is 2.31. The fourth-order valence-corrected chi connectivity index (χ4v) is 4.63. The number of carbonyl (C=O) groups is 2. The van der Waals surface area contributed by atoms with Gasteiger partial charge in [0.25, 0.3) is 11.8 Å². The number of hydrogen-bond donors (Lipinski definition) is 2. The maximum atomic E-state index is 14.5. The number of rotatable bonds is 11. The van der Waals surface area contributed by atoms with E-state index in [2.05, 4.69) is 40.3 Å². The molecule has 0 fully saturated rings. The zero-order valence-electron chi connectivity index (χ0n) is 26.9. The van der Waals surface area contributed by atoms with Crippen LogP contribution < -0.4 is 29.6 Å². The third-order valence-electron chi connectivity index (χ3n) is 6.76. The highest BCUT2D eigenvalue weighted by atomic mass is 19.4. The zero-order chi connectivity index (χ0) is 37.5. The lowest BCUT2D eigenvalue weighted by Gasteiger charge is -2.13. The molecule has 0 saturated carbocycles. The predicted molar refractivity (Wildman–Crippen MR) is 176 cm³/mol. The Kier molecular flexibility index (Phi) is 10.3. The van der Waals surface area contributed by atoms with Crippen molar-refractivity contribution in [2.24, 2.45) is 0 Å². The predicted octanol–water partition coefficient (Wildman–Crippen LogP) is 7.60. The van der Waals surface area contributed by atoms with Gasteiger partial charge in [0.2, 0.25) is 0 Å². The van der Waals surface area contributed by atoms with Crippen LogP contribution in [-0.4, -0.2) is 50.2 Å². The van der Waals surface area contributed by atoms with E-state index in [4.69, 9.17) is 14.2 Å². The Bertz CT molecular complexity index is 2280. The number of anilines is 2. The number of nitrogens with one attached hydrogen (secondary N) is 2. The summed E-state index contributed by atoms with van der Waals surface area (Å²) in [6, 6.07) is 12.6. The molecule has 13 nitrogen and oxygen atoms in total. The molecule has 3 heterocycles. The number of methoxy groups -OCH3 is 1. The van der Waals surface area contributed by atoms with Gasteiger partial charge >= 0.3 is 6.36 Å². The number of aromatic nitrogens is 5. The SMILES string of the molecule is COc1ccnc(C(=O)Nc2cc(F)cc(Oc3cnc(-c4cc(OC(F)(F)F)cc(C(=O)Nc5cc(F)cc(Oc6cncnc6)c5)c4)nc3)c2)c1. The summed E-state index contributed by atoms with van der Waals surface area (Å²) in [6.07, 6.45) is 2.46. The van der Waals surface area contributed by atoms with Gasteiger partial charge in [0.15, 0.2) is 17.3 Å². The minimum absolute atomic E-state index is 0.0119. The molecule has 0 aliphatic rings. The normalized spacial score (nSPS) is 11.0. The van der Waals surface area contributed by atoms with Crippen molar-refractivity contribution < 1.29 is 50.5 Å². The number of carbonyl (C=O) groups excluding carboxylic acids is 2. The van der Waals surface area contributed by atoms with Crippen molar-refractivity contribution >= 4 is 23.2 Å². The largest absolute Gasteiger partial charge is 0.573 e. The molecule has 6 rings (SSSR count). The lowest BCUT2D eigenvalue weighted by molar-refractivity contribution is -0.274. The maximum Gasteiger partial charge on any atom is 0.573 e. The van der Waals surface area contributed by atoms with Gasteiger partial charge in [-0.15, -0.1) is 13.2 Å². The van der Waals surface area contributed by atoms with Gasteiger partial charge in [-0.3, -0.25) is 14.6 Å². The summed E-state index contributed by atoms with van der Waals surface area (Å²) < 4.78 is 88.9. The number of benzene rings is 3. The molecule has 0 atom stereocenters. The Hall–Kier alpha value is -7.24. The van der Waals surface area contributed by atoms with Gasteiger partial charge in [0, 0.05) is 59.0 Å². The first-order valence-corrected chi connectivity index (χ1v) is 15.0. The summed E-state index contributed by atoms with van der Waals surface area (Å²) in [7, 11) is 1.42. The second kappa shape index (κ2) is 15.3. The van der Waals surface area contributed by atoms with E-state index in [9.17, 15) is 31.5 Å². The van der Waals surface area contributed by atoms with Crippen LogP contribution >= 0.6 is 0 Å². The van der Waals surface area contributed by atoms with Crippen LogP contribution in [0, 0.1) is 11.6 Å². The first-order valence-electron chi connectivity index (χ1n) is 15.0. The Morgan fingerprint density at radius 1 is 0.642 bits per heavy atom. The van der Waals surface area contributed by atoms with Crippen LogP contribution in [0.4, 0.5) is 33.3 Å². The zero-order valence-corrected chi connectivity index (χ0v) is 26.9. The van der Waals surface area contributed by atoms with Crippen LogP contribution in [0.15, 0.2) is 104 Å². The van der Waals surface area contributed by atoms with Gasteiger partial charge in [-0.05, 0) is 36.4 Å². The first kappa shape index (κ1) is 35.6. The molecule has 2 amide bonds. The molecule has 53 heavy (non-hydrogen) atoms. The topological polar surface area (TPSA) is 160 Å². The van der Waals surface area contributed by atoms with Crippen LogP contribution in [0.25, 0.3) is 11.4 Å². The van der Waals surface area contributed by atoms with E-state index in [-0.39, 0.29) is 57.0 Å². The van der Waals surface area contributed by atoms with Crippen molar-refractivity contribution in [1.29, 1.82) is 0 Å². The molecule has 18 heteroatoms. The molecule has 268 valence electrons. The molecular weight excluding hydrogens is 709 g/mol. The van der Waals surface area contributed by atoms with Crippen molar-refractivity contribution in [1.82, 2.24) is 24.9 Å². The van der Waals surface area contributed by atoms with Crippen molar-refractivity contribution in [2.75, 3.05) is 17.7 Å². The molecular formula is C35H22F5N7O6. The number of nitrogens with zero attached hydrogens (tertiary/aromatic N) is 5. The number of pyridine rings is 1. The number of halogens is 5. The summed E-state index contributed by atoms with van der Waals surface area (Å²) in [5.74, 6) is -3.57. The standard InChI is InChI=1S/C35H22F5N7O6/c1-50-25-2-3-43-31(13-25)34(49)47-24-8-22(37)10-27(12-24)52-30-16-44-32(45-17-30)19-4-20(6-28(5-19)53-35(38,39)40)33(48)46-23-7-21(36)9-26(11-23)51-29-14-41-18-42-15-29/h2-18H,1H3,(H,46,48)(H,47,49). The third kappa shape index (κ3) is 9.72. The molecule has 6 aromatic rings. The van der Waals surface area contributed by atoms with Crippen molar-refractivity contribution in [3.63, 3.8) is 0 Å².